The molecule has 0 saturated carbocycles. The lowest BCUT2D eigenvalue weighted by molar-refractivity contribution is -0.0447. The van der Waals surface area contributed by atoms with Crippen LogP contribution >= 0.6 is 11.3 Å². The smallest absolute Gasteiger partial charge is 0.194 e. The molecule has 7 heteroatoms. The molecule has 0 aliphatic carbocycles. The largest absolute Gasteiger partial charge is 0.382 e. The van der Waals surface area contributed by atoms with Gasteiger partial charge in [-0.05, 0) is 6.92 Å². The molecule has 1 atom stereocenters. The maximum Gasteiger partial charge on any atom is 0.194 e. The van der Waals surface area contributed by atoms with Gasteiger partial charge in [-0.15, -0.1) is 11.3 Å². The van der Waals surface area contributed by atoms with Gasteiger partial charge in [0, 0.05) is 37.7 Å². The number of aryl methyl sites for hydroxylation is 1. The maximum absolute atomic E-state index is 5.72. The topological polar surface area (TPSA) is 59.0 Å². The van der Waals surface area contributed by atoms with Crippen molar-refractivity contribution in [3.63, 3.8) is 0 Å². The molecule has 6 nitrogen and oxygen atoms in total. The molecule has 140 valence electrons. The molecule has 3 rings (SSSR count). The van der Waals surface area contributed by atoms with Crippen molar-refractivity contribution in [3.8, 4) is 10.6 Å². The van der Waals surface area contributed by atoms with E-state index in [1.165, 1.54) is 4.88 Å². The van der Waals surface area contributed by atoms with Crippen molar-refractivity contribution in [1.82, 2.24) is 15.2 Å². The van der Waals surface area contributed by atoms with Crippen molar-refractivity contribution in [3.05, 3.63) is 40.9 Å². The molecule has 0 amide bonds. The van der Waals surface area contributed by atoms with Crippen LogP contribution in [-0.4, -0.2) is 62.4 Å². The van der Waals surface area contributed by atoms with Crippen LogP contribution in [-0.2, 0) is 16.0 Å². The van der Waals surface area contributed by atoms with E-state index in [0.29, 0.717) is 13.2 Å². The van der Waals surface area contributed by atoms with Gasteiger partial charge in [-0.1, -0.05) is 30.3 Å². The Morgan fingerprint density at radius 1 is 1.42 bits per heavy atom. The van der Waals surface area contributed by atoms with E-state index in [1.54, 1.807) is 18.4 Å². The highest BCUT2D eigenvalue weighted by Gasteiger charge is 2.23. The Bertz CT molecular complexity index is 730. The number of rotatable bonds is 5. The number of aromatic nitrogens is 1. The van der Waals surface area contributed by atoms with Gasteiger partial charge in [-0.3, -0.25) is 4.99 Å². The first-order chi connectivity index (χ1) is 12.7. The zero-order valence-electron chi connectivity index (χ0n) is 15.6. The van der Waals surface area contributed by atoms with E-state index in [9.17, 15) is 0 Å². The lowest BCUT2D eigenvalue weighted by atomic mass is 10.2. The van der Waals surface area contributed by atoms with Gasteiger partial charge < -0.3 is 19.7 Å². The van der Waals surface area contributed by atoms with Gasteiger partial charge in [0.1, 0.15) is 5.01 Å². The lowest BCUT2D eigenvalue weighted by Gasteiger charge is -2.34. The van der Waals surface area contributed by atoms with Gasteiger partial charge in [0.15, 0.2) is 5.96 Å². The summed E-state index contributed by atoms with van der Waals surface area (Å²) in [4.78, 5) is 12.6. The second-order valence-corrected chi connectivity index (χ2v) is 7.27. The second kappa shape index (κ2) is 9.12. The Labute approximate surface area is 158 Å². The number of nitrogens with zero attached hydrogens (tertiary/aromatic N) is 3. The van der Waals surface area contributed by atoms with E-state index < -0.39 is 0 Å². The highest BCUT2D eigenvalue weighted by atomic mass is 32.1. The molecule has 1 aliphatic rings. The zero-order valence-corrected chi connectivity index (χ0v) is 16.4. The van der Waals surface area contributed by atoms with Crippen molar-refractivity contribution < 1.29 is 9.47 Å². The number of morpholine rings is 1. The summed E-state index contributed by atoms with van der Waals surface area (Å²) in [5.41, 5.74) is 2.22. The molecule has 1 saturated heterocycles. The molecule has 26 heavy (non-hydrogen) atoms. The highest BCUT2D eigenvalue weighted by Crippen LogP contribution is 2.27. The molecule has 1 N–H and O–H groups in total. The second-order valence-electron chi connectivity index (χ2n) is 6.19. The van der Waals surface area contributed by atoms with Crippen molar-refractivity contribution >= 4 is 17.3 Å². The van der Waals surface area contributed by atoms with Gasteiger partial charge in [-0.25, -0.2) is 4.98 Å². The minimum atomic E-state index is 0.0853. The van der Waals surface area contributed by atoms with Crippen molar-refractivity contribution in [2.45, 2.75) is 19.6 Å². The third-order valence-electron chi connectivity index (χ3n) is 4.32. The van der Waals surface area contributed by atoms with Crippen molar-refractivity contribution in [2.24, 2.45) is 4.99 Å². The first kappa shape index (κ1) is 18.8. The number of benzene rings is 1. The summed E-state index contributed by atoms with van der Waals surface area (Å²) in [5, 5.41) is 4.53. The SMILES string of the molecule is CN=C(NCc1sc(-c2ccccc2)nc1C)N1CCOC(COC)C1. The van der Waals surface area contributed by atoms with Crippen LogP contribution in [0.15, 0.2) is 35.3 Å². The molecule has 1 aliphatic heterocycles. The van der Waals surface area contributed by atoms with Crippen LogP contribution in [0.1, 0.15) is 10.6 Å². The number of ether oxygens (including phenoxy) is 2. The van der Waals surface area contributed by atoms with E-state index in [2.05, 4.69) is 34.3 Å². The third kappa shape index (κ3) is 4.60. The Balaban J connectivity index is 1.63. The van der Waals surface area contributed by atoms with Crippen molar-refractivity contribution in [2.75, 3.05) is 40.5 Å². The van der Waals surface area contributed by atoms with Crippen molar-refractivity contribution in [1.29, 1.82) is 0 Å². The van der Waals surface area contributed by atoms with Gasteiger partial charge in [-0.2, -0.15) is 0 Å². The minimum Gasteiger partial charge on any atom is -0.382 e. The number of guanidine groups is 1. The molecule has 1 aromatic carbocycles. The first-order valence-electron chi connectivity index (χ1n) is 8.79. The summed E-state index contributed by atoms with van der Waals surface area (Å²) in [6, 6.07) is 10.3. The normalized spacial score (nSPS) is 18.2. The maximum atomic E-state index is 5.72. The van der Waals surface area contributed by atoms with E-state index >= 15 is 0 Å². The average molecular weight is 375 g/mol. The molecule has 0 bridgehead atoms. The molecule has 2 aromatic rings. The summed E-state index contributed by atoms with van der Waals surface area (Å²) < 4.78 is 10.9. The van der Waals surface area contributed by atoms with Crippen LogP contribution in [0.5, 0.6) is 0 Å². The summed E-state index contributed by atoms with van der Waals surface area (Å²) in [6.45, 7) is 5.68. The molecule has 1 fully saturated rings. The van der Waals surface area contributed by atoms with Gasteiger partial charge in [0.2, 0.25) is 0 Å². The molecular formula is C19H26N4O2S. The summed E-state index contributed by atoms with van der Waals surface area (Å²) in [5.74, 6) is 0.892. The first-order valence-corrected chi connectivity index (χ1v) is 9.60. The van der Waals surface area contributed by atoms with Crippen LogP contribution in [0.4, 0.5) is 0 Å². The third-order valence-corrected chi connectivity index (χ3v) is 5.53. The van der Waals surface area contributed by atoms with E-state index in [0.717, 1.165) is 41.9 Å². The number of nitrogens with one attached hydrogen (secondary N) is 1. The summed E-state index contributed by atoms with van der Waals surface area (Å²) in [6.07, 6.45) is 0.0853. The van der Waals surface area contributed by atoms with Crippen LogP contribution in [0, 0.1) is 6.92 Å². The number of methoxy groups -OCH3 is 1. The van der Waals surface area contributed by atoms with Gasteiger partial charge in [0.25, 0.3) is 0 Å². The van der Waals surface area contributed by atoms with Crippen LogP contribution < -0.4 is 5.32 Å². The van der Waals surface area contributed by atoms with E-state index in [4.69, 9.17) is 14.5 Å². The Kier molecular flexibility index (Phi) is 6.60. The number of thiazole rings is 1. The Hall–Kier alpha value is -1.96. The lowest BCUT2D eigenvalue weighted by Crippen LogP contribution is -2.51. The number of aliphatic imine (C=N–C) groups is 1. The predicted octanol–water partition coefficient (Wildman–Crippen LogP) is 2.54. The molecule has 1 aromatic heterocycles. The minimum absolute atomic E-state index is 0.0853. The van der Waals surface area contributed by atoms with Crippen LogP contribution in [0.3, 0.4) is 0 Å². The zero-order chi connectivity index (χ0) is 18.4. The predicted molar refractivity (Wildman–Crippen MR) is 106 cm³/mol. The average Bonchev–Trinajstić information content (AvgIpc) is 3.04. The number of hydrogen-bond donors (Lipinski definition) is 1. The molecule has 1 unspecified atom stereocenters. The quantitative estimate of drug-likeness (QED) is 0.644. The fourth-order valence-electron chi connectivity index (χ4n) is 2.99. The van der Waals surface area contributed by atoms with E-state index in [1.807, 2.05) is 25.2 Å². The summed E-state index contributed by atoms with van der Waals surface area (Å²) in [7, 11) is 3.52. The molecule has 0 spiro atoms. The van der Waals surface area contributed by atoms with Crippen LogP contribution in [0.2, 0.25) is 0 Å². The van der Waals surface area contributed by atoms with Gasteiger partial charge in [0.05, 0.1) is 31.6 Å². The molecule has 0 radical (unpaired) electrons. The Morgan fingerprint density at radius 3 is 2.96 bits per heavy atom. The Morgan fingerprint density at radius 2 is 2.23 bits per heavy atom. The fraction of sp³-hybridized carbons (Fsp3) is 0.474. The van der Waals surface area contributed by atoms with E-state index in [-0.39, 0.29) is 6.10 Å². The van der Waals surface area contributed by atoms with Crippen LogP contribution in [0.25, 0.3) is 10.6 Å². The molecule has 2 heterocycles. The fourth-order valence-corrected chi connectivity index (χ4v) is 3.99. The standard InChI is InChI=1S/C19H26N4O2S/c1-14-17(26-18(22-14)15-7-5-4-6-8-15)11-21-19(20-2)23-9-10-25-16(12-23)13-24-3/h4-8,16H,9-13H2,1-3H3,(H,20,21). The van der Waals surface area contributed by atoms with Gasteiger partial charge >= 0.3 is 0 Å². The number of hydrogen-bond acceptors (Lipinski definition) is 5. The highest BCUT2D eigenvalue weighted by molar-refractivity contribution is 7.15. The molecular weight excluding hydrogens is 348 g/mol. The monoisotopic (exact) mass is 374 g/mol. The summed E-state index contributed by atoms with van der Waals surface area (Å²) >= 11 is 1.73.